The zero-order valence-electron chi connectivity index (χ0n) is 21.2. The average Bonchev–Trinajstić information content (AvgIpc) is 2.91. The second-order valence-corrected chi connectivity index (χ2v) is 10.2. The molecule has 2 saturated heterocycles. The normalized spacial score (nSPS) is 25.8. The zero-order chi connectivity index (χ0) is 25.6. The first-order valence-electron chi connectivity index (χ1n) is 12.9. The highest BCUT2D eigenvalue weighted by molar-refractivity contribution is 5.95. The van der Waals surface area contributed by atoms with Crippen LogP contribution in [-0.2, 0) is 9.47 Å². The first kappa shape index (κ1) is 24.0. The third-order valence-corrected chi connectivity index (χ3v) is 7.56. The van der Waals surface area contributed by atoms with Crippen molar-refractivity contribution in [1.82, 2.24) is 20.3 Å². The number of aliphatic hydroxyl groups excluding tert-OH is 1. The largest absolute Gasteiger partial charge is 0.393 e. The summed E-state index contributed by atoms with van der Waals surface area (Å²) in [6.45, 7) is 6.03. The second kappa shape index (κ2) is 9.51. The van der Waals surface area contributed by atoms with Crippen LogP contribution in [0.25, 0.3) is 22.3 Å². The summed E-state index contributed by atoms with van der Waals surface area (Å²) < 4.78 is 11.7. The molecule has 0 bridgehead atoms. The summed E-state index contributed by atoms with van der Waals surface area (Å²) in [4.78, 5) is 31.6. The molecular formula is C27H32N6O4. The van der Waals surface area contributed by atoms with E-state index in [-0.39, 0.29) is 23.7 Å². The number of anilines is 2. The molecule has 1 spiro atoms. The standard InChI is InChI=1S/C27H32N6O4/c1-17-15-36-10-9-33(17)24-21-6-7-22(18-4-3-5-19(12-18)25(35)28-2)29-23(21)30-26(31-24)32-8-11-37-27(16-32)13-20(34)14-27/h3-7,12,17,20,34H,8-11,13-16H2,1-2H3,(H,28,35)/t17-,20-,27-/m0/s1. The monoisotopic (exact) mass is 504 g/mol. The minimum absolute atomic E-state index is 0.141. The molecule has 10 heteroatoms. The molecule has 0 radical (unpaired) electrons. The lowest BCUT2D eigenvalue weighted by Gasteiger charge is -2.50. The number of ether oxygens (including phenoxy) is 2. The van der Waals surface area contributed by atoms with Crippen LogP contribution < -0.4 is 15.1 Å². The van der Waals surface area contributed by atoms with E-state index < -0.39 is 0 Å². The maximum atomic E-state index is 12.2. The van der Waals surface area contributed by atoms with Gasteiger partial charge in [-0.2, -0.15) is 9.97 Å². The molecule has 194 valence electrons. The molecule has 0 unspecified atom stereocenters. The SMILES string of the molecule is CNC(=O)c1cccc(-c2ccc3c(N4CCOC[C@@H]4C)nc(N4CCO[C@]5(C4)C[C@@H](O)C5)nc3n2)c1. The number of fused-ring (bicyclic) bond motifs is 1. The molecule has 37 heavy (non-hydrogen) atoms. The van der Waals surface area contributed by atoms with E-state index in [1.165, 1.54) is 0 Å². The Morgan fingerprint density at radius 3 is 2.78 bits per heavy atom. The summed E-state index contributed by atoms with van der Waals surface area (Å²) in [7, 11) is 1.62. The van der Waals surface area contributed by atoms with Crippen molar-refractivity contribution in [1.29, 1.82) is 0 Å². The quantitative estimate of drug-likeness (QED) is 0.551. The van der Waals surface area contributed by atoms with Crippen molar-refractivity contribution in [3.63, 3.8) is 0 Å². The number of aromatic nitrogens is 3. The molecule has 1 atom stereocenters. The van der Waals surface area contributed by atoms with E-state index in [1.807, 2.05) is 30.3 Å². The fourth-order valence-electron chi connectivity index (χ4n) is 5.57. The Hall–Kier alpha value is -3.34. The van der Waals surface area contributed by atoms with Gasteiger partial charge in [0.25, 0.3) is 5.91 Å². The fraction of sp³-hybridized carbons (Fsp3) is 0.481. The Morgan fingerprint density at radius 1 is 1.14 bits per heavy atom. The molecule has 3 aromatic rings. The summed E-state index contributed by atoms with van der Waals surface area (Å²) in [5.41, 5.74) is 2.44. The molecule has 3 aliphatic rings. The van der Waals surface area contributed by atoms with Crippen molar-refractivity contribution in [2.24, 2.45) is 0 Å². The average molecular weight is 505 g/mol. The molecule has 2 aromatic heterocycles. The minimum atomic E-state index is -0.335. The molecule has 2 aliphatic heterocycles. The van der Waals surface area contributed by atoms with Gasteiger partial charge in [-0.05, 0) is 31.2 Å². The molecule has 4 heterocycles. The van der Waals surface area contributed by atoms with E-state index in [9.17, 15) is 9.90 Å². The third-order valence-electron chi connectivity index (χ3n) is 7.56. The van der Waals surface area contributed by atoms with Gasteiger partial charge in [0, 0.05) is 44.1 Å². The zero-order valence-corrected chi connectivity index (χ0v) is 21.2. The van der Waals surface area contributed by atoms with Gasteiger partial charge in [0.1, 0.15) is 5.82 Å². The van der Waals surface area contributed by atoms with Crippen LogP contribution in [0.15, 0.2) is 36.4 Å². The van der Waals surface area contributed by atoms with Gasteiger partial charge >= 0.3 is 0 Å². The van der Waals surface area contributed by atoms with Crippen molar-refractivity contribution < 1.29 is 19.4 Å². The van der Waals surface area contributed by atoms with Crippen LogP contribution in [0, 0.1) is 0 Å². The highest BCUT2D eigenvalue weighted by Crippen LogP contribution is 2.40. The van der Waals surface area contributed by atoms with Crippen LogP contribution in [-0.4, -0.2) is 90.2 Å². The highest BCUT2D eigenvalue weighted by atomic mass is 16.5. The van der Waals surface area contributed by atoms with Crippen LogP contribution in [0.2, 0.25) is 0 Å². The molecule has 1 saturated carbocycles. The number of hydrogen-bond acceptors (Lipinski definition) is 9. The smallest absolute Gasteiger partial charge is 0.251 e. The van der Waals surface area contributed by atoms with Gasteiger partial charge in [-0.25, -0.2) is 4.98 Å². The predicted octanol–water partition coefficient (Wildman–Crippen LogP) is 2.01. The minimum Gasteiger partial charge on any atom is -0.393 e. The van der Waals surface area contributed by atoms with E-state index in [4.69, 9.17) is 24.4 Å². The van der Waals surface area contributed by atoms with E-state index in [0.29, 0.717) is 62.9 Å². The Bertz CT molecular complexity index is 1320. The van der Waals surface area contributed by atoms with Crippen molar-refractivity contribution in [2.45, 2.75) is 37.5 Å². The van der Waals surface area contributed by atoms with Crippen LogP contribution >= 0.6 is 0 Å². The number of benzene rings is 1. The van der Waals surface area contributed by atoms with Crippen LogP contribution in [0.4, 0.5) is 11.8 Å². The van der Waals surface area contributed by atoms with Gasteiger partial charge < -0.3 is 29.7 Å². The van der Waals surface area contributed by atoms with Gasteiger partial charge in [-0.3, -0.25) is 4.79 Å². The number of pyridine rings is 1. The highest BCUT2D eigenvalue weighted by Gasteiger charge is 2.48. The van der Waals surface area contributed by atoms with Crippen LogP contribution in [0.3, 0.4) is 0 Å². The summed E-state index contributed by atoms with van der Waals surface area (Å²) in [5.74, 6) is 1.33. The molecule has 2 N–H and O–H groups in total. The van der Waals surface area contributed by atoms with E-state index in [2.05, 4.69) is 22.0 Å². The molecule has 3 fully saturated rings. The van der Waals surface area contributed by atoms with E-state index in [0.717, 1.165) is 29.0 Å². The van der Waals surface area contributed by atoms with Crippen molar-refractivity contribution in [3.8, 4) is 11.3 Å². The van der Waals surface area contributed by atoms with Gasteiger partial charge in [0.2, 0.25) is 5.95 Å². The Morgan fingerprint density at radius 2 is 2.00 bits per heavy atom. The topological polar surface area (TPSA) is 113 Å². The summed E-state index contributed by atoms with van der Waals surface area (Å²) in [5, 5.41) is 13.5. The molecule has 6 rings (SSSR count). The van der Waals surface area contributed by atoms with Crippen molar-refractivity contribution in [2.75, 3.05) is 56.3 Å². The van der Waals surface area contributed by atoms with Crippen LogP contribution in [0.5, 0.6) is 0 Å². The molecule has 10 nitrogen and oxygen atoms in total. The number of hydrogen-bond donors (Lipinski definition) is 2. The second-order valence-electron chi connectivity index (χ2n) is 10.2. The molecule has 1 amide bonds. The maximum Gasteiger partial charge on any atom is 0.251 e. The Balaban J connectivity index is 1.43. The van der Waals surface area contributed by atoms with Crippen molar-refractivity contribution >= 4 is 28.7 Å². The number of nitrogens with one attached hydrogen (secondary N) is 1. The Labute approximate surface area is 215 Å². The van der Waals surface area contributed by atoms with E-state index >= 15 is 0 Å². The first-order chi connectivity index (χ1) is 17.9. The van der Waals surface area contributed by atoms with Gasteiger partial charge in [0.15, 0.2) is 5.65 Å². The summed E-state index contributed by atoms with van der Waals surface area (Å²) >= 11 is 0. The van der Waals surface area contributed by atoms with E-state index in [1.54, 1.807) is 13.1 Å². The maximum absolute atomic E-state index is 12.2. The number of morpholine rings is 2. The molecule has 1 aromatic carbocycles. The summed E-state index contributed by atoms with van der Waals surface area (Å²) in [6, 6.07) is 11.6. The number of nitrogens with zero attached hydrogens (tertiary/aromatic N) is 5. The Kier molecular flexibility index (Phi) is 6.18. The van der Waals surface area contributed by atoms with Crippen molar-refractivity contribution in [3.05, 3.63) is 42.0 Å². The number of rotatable bonds is 4. The lowest BCUT2D eigenvalue weighted by molar-refractivity contribution is -0.159. The molecule has 1 aliphatic carbocycles. The third kappa shape index (κ3) is 4.49. The number of amides is 1. The first-order valence-corrected chi connectivity index (χ1v) is 12.9. The van der Waals surface area contributed by atoms with Gasteiger partial charge in [-0.15, -0.1) is 0 Å². The number of carbonyl (C=O) groups excluding carboxylic acids is 1. The van der Waals surface area contributed by atoms with Crippen LogP contribution in [0.1, 0.15) is 30.1 Å². The lowest BCUT2D eigenvalue weighted by Crippen LogP contribution is -2.60. The summed E-state index contributed by atoms with van der Waals surface area (Å²) in [6.07, 6.45) is 0.959. The lowest BCUT2D eigenvalue weighted by atomic mass is 9.76. The fourth-order valence-corrected chi connectivity index (χ4v) is 5.57. The molecular weight excluding hydrogens is 472 g/mol. The predicted molar refractivity (Wildman–Crippen MR) is 140 cm³/mol. The van der Waals surface area contributed by atoms with Gasteiger partial charge in [-0.1, -0.05) is 12.1 Å². The number of carbonyl (C=O) groups is 1. The van der Waals surface area contributed by atoms with Gasteiger partial charge in [0.05, 0.1) is 55.2 Å². The number of aliphatic hydroxyl groups is 1.